The molecule has 4 heteroatoms. The van der Waals surface area contributed by atoms with Gasteiger partial charge in [0.25, 0.3) is 0 Å². The lowest BCUT2D eigenvalue weighted by atomic mass is 9.95. The van der Waals surface area contributed by atoms with E-state index < -0.39 is 0 Å². The first-order valence-electron chi connectivity index (χ1n) is 7.97. The fraction of sp³-hybridized carbons (Fsp3) is 0.389. The number of nitrogens with zero attached hydrogens (tertiary/aromatic N) is 4. The van der Waals surface area contributed by atoms with Gasteiger partial charge in [-0.15, -0.1) is 0 Å². The monoisotopic (exact) mass is 290 g/mol. The number of aryl methyl sites for hydroxylation is 1. The maximum Gasteiger partial charge on any atom is 0.227 e. The molecule has 1 aromatic heterocycles. The largest absolute Gasteiger partial charge is 0.336 e. The molecule has 2 aliphatic rings. The topological polar surface area (TPSA) is 52.8 Å². The van der Waals surface area contributed by atoms with Gasteiger partial charge in [0.15, 0.2) is 0 Å². The van der Waals surface area contributed by atoms with E-state index in [0.29, 0.717) is 5.69 Å². The summed E-state index contributed by atoms with van der Waals surface area (Å²) >= 11 is 0. The van der Waals surface area contributed by atoms with Crippen LogP contribution >= 0.6 is 0 Å². The predicted octanol–water partition coefficient (Wildman–Crippen LogP) is 2.79. The van der Waals surface area contributed by atoms with Crippen LogP contribution in [0.15, 0.2) is 24.3 Å². The van der Waals surface area contributed by atoms with Crippen LogP contribution in [0.5, 0.6) is 0 Å². The van der Waals surface area contributed by atoms with Gasteiger partial charge in [0, 0.05) is 18.7 Å². The van der Waals surface area contributed by atoms with Crippen molar-refractivity contribution in [3.8, 4) is 6.07 Å². The third-order valence-corrected chi connectivity index (χ3v) is 4.69. The second kappa shape index (κ2) is 5.42. The molecular weight excluding hydrogens is 272 g/mol. The molecule has 0 radical (unpaired) electrons. The third-order valence-electron chi connectivity index (χ3n) is 4.69. The van der Waals surface area contributed by atoms with E-state index in [1.54, 1.807) is 0 Å². The summed E-state index contributed by atoms with van der Waals surface area (Å²) in [4.78, 5) is 11.5. The van der Waals surface area contributed by atoms with Crippen molar-refractivity contribution < 1.29 is 0 Å². The summed E-state index contributed by atoms with van der Waals surface area (Å²) in [6.07, 6.45) is 5.24. The Kier molecular flexibility index (Phi) is 3.27. The first kappa shape index (κ1) is 13.3. The number of anilines is 1. The van der Waals surface area contributed by atoms with E-state index in [2.05, 4.69) is 40.2 Å². The number of hydrogen-bond donors (Lipinski definition) is 0. The lowest BCUT2D eigenvalue weighted by Crippen LogP contribution is -2.32. The maximum absolute atomic E-state index is 9.42. The number of fused-ring (bicyclic) bond motifs is 2. The molecule has 110 valence electrons. The zero-order valence-corrected chi connectivity index (χ0v) is 12.5. The predicted molar refractivity (Wildman–Crippen MR) is 84.6 cm³/mol. The maximum atomic E-state index is 9.42. The van der Waals surface area contributed by atoms with Gasteiger partial charge < -0.3 is 4.90 Å². The van der Waals surface area contributed by atoms with Crippen LogP contribution in [0.1, 0.15) is 40.9 Å². The smallest absolute Gasteiger partial charge is 0.227 e. The van der Waals surface area contributed by atoms with Crippen LogP contribution in [0, 0.1) is 11.3 Å². The number of aromatic nitrogens is 2. The third kappa shape index (κ3) is 2.23. The first-order chi connectivity index (χ1) is 10.8. The van der Waals surface area contributed by atoms with Crippen molar-refractivity contribution in [1.82, 2.24) is 9.97 Å². The van der Waals surface area contributed by atoms with Gasteiger partial charge in [-0.1, -0.05) is 24.3 Å². The molecule has 0 bridgehead atoms. The average Bonchev–Trinajstić information content (AvgIpc) is 2.60. The van der Waals surface area contributed by atoms with Crippen molar-refractivity contribution in [3.05, 3.63) is 52.3 Å². The molecule has 0 saturated carbocycles. The Labute approximate surface area is 130 Å². The summed E-state index contributed by atoms with van der Waals surface area (Å²) in [5.41, 5.74) is 5.51. The minimum atomic E-state index is 0.582. The first-order valence-corrected chi connectivity index (χ1v) is 7.97. The molecule has 0 amide bonds. The van der Waals surface area contributed by atoms with Crippen LogP contribution in [0.2, 0.25) is 0 Å². The zero-order chi connectivity index (χ0) is 14.9. The molecule has 0 unspecified atom stereocenters. The van der Waals surface area contributed by atoms with Crippen molar-refractivity contribution in [2.45, 2.75) is 38.6 Å². The molecule has 0 N–H and O–H groups in total. The van der Waals surface area contributed by atoms with Crippen LogP contribution < -0.4 is 4.90 Å². The van der Waals surface area contributed by atoms with Gasteiger partial charge >= 0.3 is 0 Å². The van der Waals surface area contributed by atoms with Gasteiger partial charge in [0.05, 0.1) is 5.69 Å². The Balaban J connectivity index is 1.71. The van der Waals surface area contributed by atoms with E-state index in [9.17, 15) is 5.26 Å². The quantitative estimate of drug-likeness (QED) is 0.810. The Morgan fingerprint density at radius 1 is 1.00 bits per heavy atom. The van der Waals surface area contributed by atoms with Crippen molar-refractivity contribution >= 4 is 5.95 Å². The van der Waals surface area contributed by atoms with Crippen LogP contribution in [0.4, 0.5) is 5.95 Å². The number of hydrogen-bond acceptors (Lipinski definition) is 4. The van der Waals surface area contributed by atoms with Crippen molar-refractivity contribution in [2.75, 3.05) is 11.4 Å². The minimum Gasteiger partial charge on any atom is -0.336 e. The highest BCUT2D eigenvalue weighted by Gasteiger charge is 2.22. The zero-order valence-electron chi connectivity index (χ0n) is 12.5. The average molecular weight is 290 g/mol. The summed E-state index contributed by atoms with van der Waals surface area (Å²) < 4.78 is 0. The highest BCUT2D eigenvalue weighted by molar-refractivity contribution is 5.45. The fourth-order valence-electron chi connectivity index (χ4n) is 3.48. The number of nitriles is 1. The van der Waals surface area contributed by atoms with Gasteiger partial charge in [0.2, 0.25) is 5.95 Å². The molecule has 1 aliphatic carbocycles. The molecular formula is C18H18N4. The molecule has 1 aromatic carbocycles. The van der Waals surface area contributed by atoms with E-state index in [-0.39, 0.29) is 0 Å². The van der Waals surface area contributed by atoms with Crippen LogP contribution in [-0.4, -0.2) is 16.5 Å². The van der Waals surface area contributed by atoms with Crippen molar-refractivity contribution in [1.29, 1.82) is 5.26 Å². The molecule has 2 heterocycles. The molecule has 1 aliphatic heterocycles. The summed E-state index contributed by atoms with van der Waals surface area (Å²) in [5.74, 6) is 0.728. The number of benzene rings is 1. The van der Waals surface area contributed by atoms with Crippen molar-refractivity contribution in [3.63, 3.8) is 0 Å². The highest BCUT2D eigenvalue weighted by atomic mass is 15.3. The summed E-state index contributed by atoms with van der Waals surface area (Å²) in [6, 6.07) is 10.8. The highest BCUT2D eigenvalue weighted by Crippen LogP contribution is 2.27. The summed E-state index contributed by atoms with van der Waals surface area (Å²) in [7, 11) is 0. The van der Waals surface area contributed by atoms with Gasteiger partial charge in [-0.2, -0.15) is 5.26 Å². The molecule has 0 fully saturated rings. The Hall–Kier alpha value is -2.41. The second-order valence-electron chi connectivity index (χ2n) is 6.06. The summed E-state index contributed by atoms with van der Waals surface area (Å²) in [5, 5.41) is 9.42. The molecule has 0 spiro atoms. The number of rotatable bonds is 1. The van der Waals surface area contributed by atoms with Gasteiger partial charge in [-0.3, -0.25) is 0 Å². The lowest BCUT2D eigenvalue weighted by molar-refractivity contribution is 0.646. The minimum absolute atomic E-state index is 0.582. The Morgan fingerprint density at radius 3 is 2.68 bits per heavy atom. The Bertz CT molecular complexity index is 760. The van der Waals surface area contributed by atoms with E-state index in [1.807, 2.05) is 0 Å². The van der Waals surface area contributed by atoms with E-state index in [1.165, 1.54) is 11.1 Å². The molecule has 0 atom stereocenters. The van der Waals surface area contributed by atoms with Crippen LogP contribution in [-0.2, 0) is 25.8 Å². The lowest BCUT2D eigenvalue weighted by Gasteiger charge is -2.30. The molecule has 0 saturated heterocycles. The van der Waals surface area contributed by atoms with Gasteiger partial charge in [0.1, 0.15) is 11.8 Å². The standard InChI is InChI=1S/C18H18N4/c19-11-17-15-7-3-4-8-16(15)20-18(21-17)22-10-9-13-5-1-2-6-14(13)12-22/h1-2,5-6H,3-4,7-10,12H2. The fourth-order valence-corrected chi connectivity index (χ4v) is 3.48. The normalized spacial score (nSPS) is 16.6. The van der Waals surface area contributed by atoms with E-state index >= 15 is 0 Å². The second-order valence-corrected chi connectivity index (χ2v) is 6.06. The van der Waals surface area contributed by atoms with E-state index in [4.69, 9.17) is 4.98 Å². The molecule has 4 nitrogen and oxygen atoms in total. The SMILES string of the molecule is N#Cc1nc(N2CCc3ccccc3C2)nc2c1CCCC2. The molecule has 4 rings (SSSR count). The summed E-state index contributed by atoms with van der Waals surface area (Å²) in [6.45, 7) is 1.75. The van der Waals surface area contributed by atoms with Crippen LogP contribution in [0.25, 0.3) is 0 Å². The van der Waals surface area contributed by atoms with E-state index in [0.717, 1.165) is 62.4 Å². The van der Waals surface area contributed by atoms with Crippen LogP contribution in [0.3, 0.4) is 0 Å². The van der Waals surface area contributed by atoms with Gasteiger partial charge in [-0.25, -0.2) is 9.97 Å². The van der Waals surface area contributed by atoms with Gasteiger partial charge in [-0.05, 0) is 43.2 Å². The Morgan fingerprint density at radius 2 is 1.82 bits per heavy atom. The molecule has 22 heavy (non-hydrogen) atoms. The molecule has 2 aromatic rings. The van der Waals surface area contributed by atoms with Crippen molar-refractivity contribution in [2.24, 2.45) is 0 Å².